The van der Waals surface area contributed by atoms with Gasteiger partial charge in [0.05, 0.1) is 11.2 Å². The van der Waals surface area contributed by atoms with Crippen LogP contribution in [-0.4, -0.2) is 56.8 Å². The van der Waals surface area contributed by atoms with Crippen molar-refractivity contribution in [3.05, 3.63) is 48.5 Å². The van der Waals surface area contributed by atoms with E-state index in [9.17, 15) is 4.79 Å². The van der Waals surface area contributed by atoms with Crippen molar-refractivity contribution < 1.29 is 14.6 Å². The Kier molecular flexibility index (Phi) is 5.50. The molecule has 8 heteroatoms. The third kappa shape index (κ3) is 4.29. The van der Waals surface area contributed by atoms with Crippen LogP contribution in [0.4, 0.5) is 4.79 Å². The Labute approximate surface area is 162 Å². The molecule has 2 aromatic heterocycles. The minimum absolute atomic E-state index is 0.461. The lowest BCUT2D eigenvalue weighted by molar-refractivity contribution is 0.197. The topological polar surface area (TPSA) is 92.5 Å². The van der Waals surface area contributed by atoms with Crippen molar-refractivity contribution in [2.45, 2.75) is 19.4 Å². The minimum atomic E-state index is -1.01. The second-order valence-electron chi connectivity index (χ2n) is 6.86. The van der Waals surface area contributed by atoms with Crippen LogP contribution < -0.4 is 10.1 Å². The highest BCUT2D eigenvalue weighted by Crippen LogP contribution is 2.25. The van der Waals surface area contributed by atoms with Crippen LogP contribution in [0.2, 0.25) is 0 Å². The number of fused-ring (bicyclic) bond motifs is 1. The van der Waals surface area contributed by atoms with E-state index in [1.54, 1.807) is 24.3 Å². The summed E-state index contributed by atoms with van der Waals surface area (Å²) in [4.78, 5) is 22.1. The van der Waals surface area contributed by atoms with Crippen LogP contribution in [0.25, 0.3) is 10.9 Å². The fourth-order valence-corrected chi connectivity index (χ4v) is 3.46. The van der Waals surface area contributed by atoms with Crippen LogP contribution >= 0.6 is 0 Å². The Hall–Kier alpha value is -2.97. The number of likely N-dealkylation sites (tertiary alicyclic amines) is 1. The summed E-state index contributed by atoms with van der Waals surface area (Å²) in [5, 5.41) is 13.4. The van der Waals surface area contributed by atoms with Crippen molar-refractivity contribution in [2.24, 2.45) is 0 Å². The molecular formula is C20H23N5O3. The van der Waals surface area contributed by atoms with E-state index in [2.05, 4.69) is 20.2 Å². The predicted octanol–water partition coefficient (Wildman–Crippen LogP) is 2.94. The molecule has 0 radical (unpaired) electrons. The lowest BCUT2D eigenvalue weighted by atomic mass is 10.2. The molecule has 2 N–H and O–H groups in total. The number of nitrogens with zero attached hydrogens (tertiary/aromatic N) is 4. The van der Waals surface area contributed by atoms with Crippen LogP contribution in [0.5, 0.6) is 11.6 Å². The molecule has 1 fully saturated rings. The molecule has 3 aromatic rings. The lowest BCUT2D eigenvalue weighted by Crippen LogP contribution is -2.29. The van der Waals surface area contributed by atoms with Gasteiger partial charge in [-0.2, -0.15) is 0 Å². The van der Waals surface area contributed by atoms with Crippen molar-refractivity contribution in [3.63, 3.8) is 0 Å². The summed E-state index contributed by atoms with van der Waals surface area (Å²) < 4.78 is 7.02. The van der Waals surface area contributed by atoms with E-state index < -0.39 is 6.09 Å². The fourth-order valence-electron chi connectivity index (χ4n) is 3.46. The Morgan fingerprint density at radius 2 is 2.04 bits per heavy atom. The van der Waals surface area contributed by atoms with Gasteiger partial charge in [-0.25, -0.2) is 14.8 Å². The second kappa shape index (κ2) is 8.37. The monoisotopic (exact) mass is 381 g/mol. The van der Waals surface area contributed by atoms with Gasteiger partial charge in [0.25, 0.3) is 0 Å². The summed E-state index contributed by atoms with van der Waals surface area (Å²) in [5.74, 6) is 1.06. The number of aromatic nitrogens is 3. The molecule has 0 atom stereocenters. The first kappa shape index (κ1) is 18.4. The van der Waals surface area contributed by atoms with Gasteiger partial charge in [0.2, 0.25) is 5.88 Å². The van der Waals surface area contributed by atoms with Crippen molar-refractivity contribution >= 4 is 17.0 Å². The zero-order valence-electron chi connectivity index (χ0n) is 15.5. The van der Waals surface area contributed by atoms with Gasteiger partial charge in [-0.1, -0.05) is 0 Å². The number of hydrogen-bond donors (Lipinski definition) is 2. The van der Waals surface area contributed by atoms with Crippen molar-refractivity contribution in [3.8, 4) is 11.6 Å². The smallest absolute Gasteiger partial charge is 0.415 e. The zero-order valence-corrected chi connectivity index (χ0v) is 15.5. The van der Waals surface area contributed by atoms with Gasteiger partial charge in [-0.15, -0.1) is 0 Å². The number of hydrogen-bond acceptors (Lipinski definition) is 6. The highest BCUT2D eigenvalue weighted by molar-refractivity contribution is 5.89. The molecule has 4 rings (SSSR count). The maximum atomic E-state index is 11.2. The molecule has 1 aromatic carbocycles. The van der Waals surface area contributed by atoms with E-state index in [1.807, 2.05) is 6.07 Å². The first-order valence-electron chi connectivity index (χ1n) is 9.45. The van der Waals surface area contributed by atoms with E-state index in [1.165, 1.54) is 43.0 Å². The molecule has 0 spiro atoms. The summed E-state index contributed by atoms with van der Waals surface area (Å²) in [5.41, 5.74) is 1.48. The second-order valence-corrected chi connectivity index (χ2v) is 6.86. The van der Waals surface area contributed by atoms with Crippen LogP contribution in [0, 0.1) is 0 Å². The van der Waals surface area contributed by atoms with Gasteiger partial charge in [-0.3, -0.25) is 4.57 Å². The van der Waals surface area contributed by atoms with Gasteiger partial charge in [-0.05, 0) is 50.2 Å². The first-order chi connectivity index (χ1) is 13.7. The molecule has 0 saturated carbocycles. The van der Waals surface area contributed by atoms with Gasteiger partial charge < -0.3 is 20.1 Å². The zero-order chi connectivity index (χ0) is 19.3. The van der Waals surface area contributed by atoms with E-state index >= 15 is 0 Å². The lowest BCUT2D eigenvalue weighted by Gasteiger charge is -2.14. The molecule has 1 saturated heterocycles. The van der Waals surface area contributed by atoms with Crippen LogP contribution in [0.15, 0.2) is 42.9 Å². The maximum Gasteiger partial charge on any atom is 0.415 e. The molecule has 28 heavy (non-hydrogen) atoms. The normalized spacial score (nSPS) is 14.6. The third-order valence-corrected chi connectivity index (χ3v) is 4.90. The van der Waals surface area contributed by atoms with Gasteiger partial charge in [0.15, 0.2) is 0 Å². The van der Waals surface area contributed by atoms with Gasteiger partial charge in [0.1, 0.15) is 12.1 Å². The van der Waals surface area contributed by atoms with Crippen molar-refractivity contribution in [1.29, 1.82) is 0 Å². The fraction of sp³-hybridized carbons (Fsp3) is 0.350. The molecule has 3 heterocycles. The summed E-state index contributed by atoms with van der Waals surface area (Å²) in [6.07, 6.45) is 4.61. The molecule has 0 bridgehead atoms. The number of carbonyl (C=O) groups is 1. The molecule has 0 unspecified atom stereocenters. The Morgan fingerprint density at radius 1 is 1.18 bits per heavy atom. The maximum absolute atomic E-state index is 11.2. The largest absolute Gasteiger partial charge is 0.464 e. The molecule has 0 aliphatic carbocycles. The summed E-state index contributed by atoms with van der Waals surface area (Å²) >= 11 is 0. The SMILES string of the molecule is O=C(O)n1ccc2cc(Oc3cc(CNCCN4CCCC4)ncn3)ccc21. The van der Waals surface area contributed by atoms with Crippen molar-refractivity contribution in [2.75, 3.05) is 26.2 Å². The van der Waals surface area contributed by atoms with Crippen LogP contribution in [-0.2, 0) is 6.54 Å². The van der Waals surface area contributed by atoms with Gasteiger partial charge in [0, 0.05) is 37.3 Å². The highest BCUT2D eigenvalue weighted by atomic mass is 16.5. The Morgan fingerprint density at radius 3 is 2.86 bits per heavy atom. The highest BCUT2D eigenvalue weighted by Gasteiger charge is 2.11. The average molecular weight is 381 g/mol. The molecule has 1 aliphatic heterocycles. The summed E-state index contributed by atoms with van der Waals surface area (Å²) in [7, 11) is 0. The van der Waals surface area contributed by atoms with E-state index in [0.717, 1.165) is 24.2 Å². The molecule has 1 aliphatic rings. The van der Waals surface area contributed by atoms with Crippen molar-refractivity contribution in [1.82, 2.24) is 24.8 Å². The minimum Gasteiger partial charge on any atom is -0.464 e. The first-order valence-corrected chi connectivity index (χ1v) is 9.45. The van der Waals surface area contributed by atoms with E-state index in [0.29, 0.717) is 23.7 Å². The Bertz CT molecular complexity index is 965. The number of carboxylic acid groups (broad SMARTS) is 1. The Balaban J connectivity index is 1.36. The summed E-state index contributed by atoms with van der Waals surface area (Å²) in [6.45, 7) is 5.05. The molecule has 8 nitrogen and oxygen atoms in total. The third-order valence-electron chi connectivity index (χ3n) is 4.90. The number of nitrogens with one attached hydrogen (secondary N) is 1. The van der Waals surface area contributed by atoms with E-state index in [-0.39, 0.29) is 0 Å². The predicted molar refractivity (Wildman–Crippen MR) is 105 cm³/mol. The van der Waals surface area contributed by atoms with Crippen LogP contribution in [0.3, 0.4) is 0 Å². The molecular weight excluding hydrogens is 358 g/mol. The van der Waals surface area contributed by atoms with E-state index in [4.69, 9.17) is 9.84 Å². The quantitative estimate of drug-likeness (QED) is 0.608. The standard InChI is InChI=1S/C20H23N5O3/c26-20(27)25-9-5-15-11-17(3-4-18(15)25)28-19-12-16(22-14-23-19)13-21-6-10-24-7-1-2-8-24/h3-5,9,11-12,14,21H,1-2,6-8,10,13H2,(H,26,27). The summed E-state index contributed by atoms with van der Waals surface area (Å²) in [6, 6.07) is 8.81. The average Bonchev–Trinajstić information content (AvgIpc) is 3.35. The van der Waals surface area contributed by atoms with Crippen LogP contribution in [0.1, 0.15) is 18.5 Å². The van der Waals surface area contributed by atoms with Gasteiger partial charge >= 0.3 is 6.09 Å². The number of rotatable bonds is 7. The number of ether oxygens (including phenoxy) is 1. The molecule has 146 valence electrons. The number of benzene rings is 1. The molecule has 0 amide bonds.